The third-order valence-corrected chi connectivity index (χ3v) is 4.23. The number of ether oxygens (including phenoxy) is 1. The SMILES string of the molecule is N#Cc1cn(-c2ccc(C(=O)O)c(O)c2)c2cc3c(cc12)CCO3. The summed E-state index contributed by atoms with van der Waals surface area (Å²) < 4.78 is 7.34. The van der Waals surface area contributed by atoms with Crippen molar-refractivity contribution in [1.82, 2.24) is 4.57 Å². The van der Waals surface area contributed by atoms with Crippen LogP contribution < -0.4 is 4.74 Å². The zero-order valence-electron chi connectivity index (χ0n) is 12.5. The lowest BCUT2D eigenvalue weighted by Crippen LogP contribution is -1.99. The van der Waals surface area contributed by atoms with E-state index in [2.05, 4.69) is 6.07 Å². The molecule has 0 amide bonds. The summed E-state index contributed by atoms with van der Waals surface area (Å²) in [6, 6.07) is 10.3. The standard InChI is InChI=1S/C18H12N2O4/c19-8-11-9-20(12-1-2-13(18(22)23)16(21)6-12)15-7-17-10(3-4-24-17)5-14(11)15/h1-2,5-7,9,21H,3-4H2,(H,22,23). The summed E-state index contributed by atoms with van der Waals surface area (Å²) in [6.45, 7) is 0.623. The largest absolute Gasteiger partial charge is 0.507 e. The predicted molar refractivity (Wildman–Crippen MR) is 85.8 cm³/mol. The number of carboxylic acid groups (broad SMARTS) is 1. The fourth-order valence-electron chi connectivity index (χ4n) is 3.05. The molecule has 2 aromatic carbocycles. The van der Waals surface area contributed by atoms with Gasteiger partial charge in [-0.25, -0.2) is 4.79 Å². The van der Waals surface area contributed by atoms with E-state index < -0.39 is 5.97 Å². The number of hydrogen-bond acceptors (Lipinski definition) is 4. The van der Waals surface area contributed by atoms with Crippen molar-refractivity contribution in [3.63, 3.8) is 0 Å². The van der Waals surface area contributed by atoms with Gasteiger partial charge in [-0.3, -0.25) is 0 Å². The number of nitriles is 1. The summed E-state index contributed by atoms with van der Waals surface area (Å²) in [7, 11) is 0. The van der Waals surface area contributed by atoms with E-state index >= 15 is 0 Å². The van der Waals surface area contributed by atoms with Crippen LogP contribution in [0.4, 0.5) is 0 Å². The highest BCUT2D eigenvalue weighted by atomic mass is 16.5. The molecular weight excluding hydrogens is 308 g/mol. The van der Waals surface area contributed by atoms with Crippen LogP contribution in [0, 0.1) is 11.3 Å². The summed E-state index contributed by atoms with van der Waals surface area (Å²) in [4.78, 5) is 11.0. The molecule has 1 aromatic heterocycles. The molecule has 1 aliphatic heterocycles. The number of aromatic hydroxyl groups is 1. The summed E-state index contributed by atoms with van der Waals surface area (Å²) in [5.41, 5.74) is 2.76. The Morgan fingerprint density at radius 2 is 2.12 bits per heavy atom. The van der Waals surface area contributed by atoms with Gasteiger partial charge in [-0.15, -0.1) is 0 Å². The van der Waals surface area contributed by atoms with Crippen LogP contribution in [0.2, 0.25) is 0 Å². The molecule has 118 valence electrons. The normalized spacial score (nSPS) is 12.6. The van der Waals surface area contributed by atoms with Crippen molar-refractivity contribution in [1.29, 1.82) is 5.26 Å². The molecule has 0 radical (unpaired) electrons. The first-order chi connectivity index (χ1) is 11.6. The van der Waals surface area contributed by atoms with Gasteiger partial charge in [-0.2, -0.15) is 5.26 Å². The van der Waals surface area contributed by atoms with Gasteiger partial charge in [0.15, 0.2) is 0 Å². The maximum atomic E-state index is 11.0. The molecule has 24 heavy (non-hydrogen) atoms. The van der Waals surface area contributed by atoms with Crippen molar-refractivity contribution < 1.29 is 19.7 Å². The van der Waals surface area contributed by atoms with Crippen LogP contribution in [0.5, 0.6) is 11.5 Å². The van der Waals surface area contributed by atoms with Gasteiger partial charge in [0, 0.05) is 35.8 Å². The lowest BCUT2D eigenvalue weighted by Gasteiger charge is -2.08. The second-order valence-corrected chi connectivity index (χ2v) is 5.61. The first-order valence-corrected chi connectivity index (χ1v) is 7.36. The molecule has 0 aliphatic carbocycles. The minimum Gasteiger partial charge on any atom is -0.507 e. The number of aromatic nitrogens is 1. The quantitative estimate of drug-likeness (QED) is 0.757. The van der Waals surface area contributed by atoms with Crippen LogP contribution in [-0.2, 0) is 6.42 Å². The Hall–Kier alpha value is -3.46. The number of carboxylic acids is 1. The lowest BCUT2D eigenvalue weighted by atomic mass is 10.1. The molecule has 2 heterocycles. The van der Waals surface area contributed by atoms with Gasteiger partial charge in [0.05, 0.1) is 17.7 Å². The zero-order chi connectivity index (χ0) is 16.8. The second kappa shape index (κ2) is 5.03. The van der Waals surface area contributed by atoms with Crippen LogP contribution in [0.3, 0.4) is 0 Å². The fourth-order valence-corrected chi connectivity index (χ4v) is 3.05. The molecule has 6 heteroatoms. The molecular formula is C18H12N2O4. The number of phenols is 1. The highest BCUT2D eigenvalue weighted by Crippen LogP contribution is 2.35. The Kier molecular flexibility index (Phi) is 2.97. The summed E-state index contributed by atoms with van der Waals surface area (Å²) in [5, 5.41) is 29.2. The van der Waals surface area contributed by atoms with Crippen molar-refractivity contribution in [2.75, 3.05) is 6.61 Å². The van der Waals surface area contributed by atoms with Crippen LogP contribution >= 0.6 is 0 Å². The number of nitrogens with zero attached hydrogens (tertiary/aromatic N) is 2. The maximum absolute atomic E-state index is 11.0. The lowest BCUT2D eigenvalue weighted by molar-refractivity contribution is 0.0694. The van der Waals surface area contributed by atoms with Gasteiger partial charge >= 0.3 is 5.97 Å². The van der Waals surface area contributed by atoms with Crippen molar-refractivity contribution in [2.24, 2.45) is 0 Å². The van der Waals surface area contributed by atoms with Gasteiger partial charge in [0.2, 0.25) is 0 Å². The third kappa shape index (κ3) is 1.99. The minimum atomic E-state index is -1.19. The fraction of sp³-hybridized carbons (Fsp3) is 0.111. The molecule has 0 bridgehead atoms. The Labute approximate surface area is 136 Å². The molecule has 6 nitrogen and oxygen atoms in total. The summed E-state index contributed by atoms with van der Waals surface area (Å²) in [5.74, 6) is -0.726. The van der Waals surface area contributed by atoms with E-state index in [0.29, 0.717) is 17.9 Å². The van der Waals surface area contributed by atoms with E-state index in [1.54, 1.807) is 16.8 Å². The monoisotopic (exact) mass is 320 g/mol. The molecule has 0 atom stereocenters. The van der Waals surface area contributed by atoms with E-state index in [4.69, 9.17) is 9.84 Å². The first-order valence-electron chi connectivity index (χ1n) is 7.36. The third-order valence-electron chi connectivity index (χ3n) is 4.23. The van der Waals surface area contributed by atoms with Gasteiger partial charge in [-0.1, -0.05) is 0 Å². The molecule has 3 aromatic rings. The number of benzene rings is 2. The van der Waals surface area contributed by atoms with Crippen molar-refractivity contribution >= 4 is 16.9 Å². The van der Waals surface area contributed by atoms with E-state index in [0.717, 1.165) is 28.6 Å². The molecule has 0 fully saturated rings. The van der Waals surface area contributed by atoms with Crippen LogP contribution in [0.15, 0.2) is 36.5 Å². The zero-order valence-corrected chi connectivity index (χ0v) is 12.5. The van der Waals surface area contributed by atoms with Crippen molar-refractivity contribution in [2.45, 2.75) is 6.42 Å². The molecule has 0 saturated carbocycles. The Bertz CT molecular complexity index is 1040. The number of carbonyl (C=O) groups is 1. The van der Waals surface area contributed by atoms with Crippen molar-refractivity contribution in [3.8, 4) is 23.3 Å². The topological polar surface area (TPSA) is 95.5 Å². The molecule has 4 rings (SSSR count). The highest BCUT2D eigenvalue weighted by Gasteiger charge is 2.19. The van der Waals surface area contributed by atoms with E-state index in [1.165, 1.54) is 12.1 Å². The molecule has 0 unspecified atom stereocenters. The molecule has 2 N–H and O–H groups in total. The van der Waals surface area contributed by atoms with Crippen LogP contribution in [0.25, 0.3) is 16.6 Å². The van der Waals surface area contributed by atoms with Crippen LogP contribution in [0.1, 0.15) is 21.5 Å². The van der Waals surface area contributed by atoms with Gasteiger partial charge in [-0.05, 0) is 23.8 Å². The number of aromatic carboxylic acids is 1. The smallest absolute Gasteiger partial charge is 0.339 e. The maximum Gasteiger partial charge on any atom is 0.339 e. The van der Waals surface area contributed by atoms with E-state index in [-0.39, 0.29) is 11.3 Å². The second-order valence-electron chi connectivity index (χ2n) is 5.61. The molecule has 0 saturated heterocycles. The molecule has 1 aliphatic rings. The van der Waals surface area contributed by atoms with Crippen molar-refractivity contribution in [3.05, 3.63) is 53.2 Å². The Morgan fingerprint density at radius 3 is 2.83 bits per heavy atom. The van der Waals surface area contributed by atoms with Gasteiger partial charge < -0.3 is 19.5 Å². The highest BCUT2D eigenvalue weighted by molar-refractivity contribution is 5.92. The first kappa shape index (κ1) is 14.2. The van der Waals surface area contributed by atoms with Gasteiger partial charge in [0.25, 0.3) is 0 Å². The van der Waals surface area contributed by atoms with Gasteiger partial charge in [0.1, 0.15) is 23.1 Å². The average Bonchev–Trinajstić information content (AvgIpc) is 3.15. The van der Waals surface area contributed by atoms with Crippen LogP contribution in [-0.4, -0.2) is 27.4 Å². The average molecular weight is 320 g/mol. The predicted octanol–water partition coefficient (Wildman–Crippen LogP) is 2.84. The molecule has 0 spiro atoms. The Balaban J connectivity index is 1.96. The van der Waals surface area contributed by atoms with E-state index in [1.807, 2.05) is 12.1 Å². The minimum absolute atomic E-state index is 0.167. The van der Waals surface area contributed by atoms with E-state index in [9.17, 15) is 15.2 Å². The number of fused-ring (bicyclic) bond motifs is 2. The Morgan fingerprint density at radius 1 is 1.29 bits per heavy atom. The number of hydrogen-bond donors (Lipinski definition) is 2. The summed E-state index contributed by atoms with van der Waals surface area (Å²) >= 11 is 0. The summed E-state index contributed by atoms with van der Waals surface area (Å²) in [6.07, 6.45) is 2.49. The number of rotatable bonds is 2.